The Bertz CT molecular complexity index is 370. The number of ether oxygens (including phenoxy) is 2. The van der Waals surface area contributed by atoms with E-state index in [-0.39, 0.29) is 11.9 Å². The zero-order chi connectivity index (χ0) is 17.9. The standard InChI is InChI=1S/C20H32O4/c1-19(21)23-17-15-13-11-9-7-5-3-4-6-8-10-12-14-16-18-24-20(2)22/h3-4,9-12H,5-8,13-18H2,1-2H3/b4-3-,11-9-,12-10-. The van der Waals surface area contributed by atoms with Crippen molar-refractivity contribution in [1.29, 1.82) is 0 Å². The number of carbonyl (C=O) groups is 2. The molecule has 0 aliphatic carbocycles. The van der Waals surface area contributed by atoms with Crippen LogP contribution < -0.4 is 0 Å². The van der Waals surface area contributed by atoms with Crippen LogP contribution in [-0.2, 0) is 19.1 Å². The van der Waals surface area contributed by atoms with Gasteiger partial charge in [0.1, 0.15) is 0 Å². The molecule has 0 N–H and O–H groups in total. The minimum atomic E-state index is -0.207. The lowest BCUT2D eigenvalue weighted by Crippen LogP contribution is -1.99. The normalized spacial score (nSPS) is 11.6. The molecule has 0 aliphatic heterocycles. The third kappa shape index (κ3) is 20.2. The van der Waals surface area contributed by atoms with Crippen molar-refractivity contribution in [3.05, 3.63) is 36.5 Å². The fourth-order valence-corrected chi connectivity index (χ4v) is 1.93. The van der Waals surface area contributed by atoms with Gasteiger partial charge in [0.25, 0.3) is 0 Å². The summed E-state index contributed by atoms with van der Waals surface area (Å²) in [7, 11) is 0. The van der Waals surface area contributed by atoms with Crippen LogP contribution in [0, 0.1) is 0 Å². The minimum absolute atomic E-state index is 0.207. The molecular formula is C20H32O4. The zero-order valence-electron chi connectivity index (χ0n) is 15.2. The predicted octanol–water partition coefficient (Wildman–Crippen LogP) is 4.90. The zero-order valence-corrected chi connectivity index (χ0v) is 15.2. The van der Waals surface area contributed by atoms with E-state index in [1.165, 1.54) is 13.8 Å². The SMILES string of the molecule is CC(=O)OCCC/C=C\CC/C=C\CC/C=C\CCCOC(C)=O. The Morgan fingerprint density at radius 2 is 0.875 bits per heavy atom. The Morgan fingerprint density at radius 3 is 1.17 bits per heavy atom. The summed E-state index contributed by atoms with van der Waals surface area (Å²) >= 11 is 0. The molecule has 0 radical (unpaired) electrons. The quantitative estimate of drug-likeness (QED) is 0.257. The van der Waals surface area contributed by atoms with Crippen LogP contribution in [-0.4, -0.2) is 25.2 Å². The van der Waals surface area contributed by atoms with Gasteiger partial charge < -0.3 is 9.47 Å². The van der Waals surface area contributed by atoms with Crippen LogP contribution >= 0.6 is 0 Å². The van der Waals surface area contributed by atoms with E-state index in [9.17, 15) is 9.59 Å². The molecule has 136 valence electrons. The average Bonchev–Trinajstić information content (AvgIpc) is 2.53. The van der Waals surface area contributed by atoms with Gasteiger partial charge in [-0.05, 0) is 51.4 Å². The van der Waals surface area contributed by atoms with Crippen molar-refractivity contribution in [2.24, 2.45) is 0 Å². The van der Waals surface area contributed by atoms with Crippen molar-refractivity contribution in [3.8, 4) is 0 Å². The van der Waals surface area contributed by atoms with Gasteiger partial charge in [0.15, 0.2) is 0 Å². The highest BCUT2D eigenvalue weighted by molar-refractivity contribution is 5.66. The van der Waals surface area contributed by atoms with E-state index in [1.54, 1.807) is 0 Å². The lowest BCUT2D eigenvalue weighted by molar-refractivity contribution is -0.142. The van der Waals surface area contributed by atoms with Crippen molar-refractivity contribution < 1.29 is 19.1 Å². The molecule has 0 heterocycles. The van der Waals surface area contributed by atoms with Crippen LogP contribution in [0.25, 0.3) is 0 Å². The van der Waals surface area contributed by atoms with Gasteiger partial charge in [0.2, 0.25) is 0 Å². The second-order valence-electron chi connectivity index (χ2n) is 5.53. The van der Waals surface area contributed by atoms with Crippen LogP contribution in [0.1, 0.15) is 65.2 Å². The third-order valence-corrected chi connectivity index (χ3v) is 3.14. The van der Waals surface area contributed by atoms with Crippen LogP contribution in [0.3, 0.4) is 0 Å². The fraction of sp³-hybridized carbons (Fsp3) is 0.600. The predicted molar refractivity (Wildman–Crippen MR) is 97.6 cm³/mol. The maximum absolute atomic E-state index is 10.6. The molecule has 0 fully saturated rings. The molecule has 0 unspecified atom stereocenters. The number of allylic oxidation sites excluding steroid dienone is 6. The van der Waals surface area contributed by atoms with Crippen LogP contribution in [0.4, 0.5) is 0 Å². The first-order valence-electron chi connectivity index (χ1n) is 8.84. The average molecular weight is 336 g/mol. The number of rotatable bonds is 14. The monoisotopic (exact) mass is 336 g/mol. The number of unbranched alkanes of at least 4 members (excludes halogenated alkanes) is 4. The fourth-order valence-electron chi connectivity index (χ4n) is 1.93. The summed E-state index contributed by atoms with van der Waals surface area (Å²) in [5, 5.41) is 0. The van der Waals surface area contributed by atoms with Crippen LogP contribution in [0.2, 0.25) is 0 Å². The molecule has 0 saturated carbocycles. The summed E-state index contributed by atoms with van der Waals surface area (Å²) in [6.45, 7) is 3.89. The van der Waals surface area contributed by atoms with E-state index in [1.807, 2.05) is 0 Å². The highest BCUT2D eigenvalue weighted by atomic mass is 16.5. The third-order valence-electron chi connectivity index (χ3n) is 3.14. The Kier molecular flexibility index (Phi) is 16.2. The van der Waals surface area contributed by atoms with E-state index >= 15 is 0 Å². The highest BCUT2D eigenvalue weighted by Gasteiger charge is 1.91. The Morgan fingerprint density at radius 1 is 0.583 bits per heavy atom. The van der Waals surface area contributed by atoms with Gasteiger partial charge in [-0.15, -0.1) is 0 Å². The van der Waals surface area contributed by atoms with Crippen LogP contribution in [0.15, 0.2) is 36.5 Å². The number of esters is 2. The van der Waals surface area contributed by atoms with E-state index < -0.39 is 0 Å². The summed E-state index contributed by atoms with van der Waals surface area (Å²) in [5.74, 6) is -0.415. The van der Waals surface area contributed by atoms with Gasteiger partial charge in [-0.2, -0.15) is 0 Å². The Hall–Kier alpha value is -1.84. The molecule has 0 amide bonds. The van der Waals surface area contributed by atoms with Crippen molar-refractivity contribution in [3.63, 3.8) is 0 Å². The maximum atomic E-state index is 10.6. The maximum Gasteiger partial charge on any atom is 0.302 e. The lowest BCUT2D eigenvalue weighted by Gasteiger charge is -1.98. The number of hydrogen-bond acceptors (Lipinski definition) is 4. The molecule has 4 heteroatoms. The molecule has 0 atom stereocenters. The molecule has 0 aromatic rings. The van der Waals surface area contributed by atoms with Gasteiger partial charge in [-0.1, -0.05) is 36.5 Å². The lowest BCUT2D eigenvalue weighted by atomic mass is 10.2. The highest BCUT2D eigenvalue weighted by Crippen LogP contribution is 2.01. The Labute approximate surface area is 146 Å². The Balaban J connectivity index is 3.31. The number of hydrogen-bond donors (Lipinski definition) is 0. The topological polar surface area (TPSA) is 52.6 Å². The molecule has 0 bridgehead atoms. The van der Waals surface area contributed by atoms with E-state index in [0.29, 0.717) is 13.2 Å². The van der Waals surface area contributed by atoms with Crippen molar-refractivity contribution >= 4 is 11.9 Å². The van der Waals surface area contributed by atoms with Gasteiger partial charge in [-0.3, -0.25) is 9.59 Å². The number of carbonyl (C=O) groups excluding carboxylic acids is 2. The van der Waals surface area contributed by atoms with E-state index in [4.69, 9.17) is 9.47 Å². The molecule has 0 rings (SSSR count). The molecule has 0 spiro atoms. The first-order valence-corrected chi connectivity index (χ1v) is 8.84. The molecule has 0 aromatic heterocycles. The summed E-state index contributed by atoms with van der Waals surface area (Å²) < 4.78 is 9.72. The van der Waals surface area contributed by atoms with Gasteiger partial charge in [-0.25, -0.2) is 0 Å². The molecule has 0 aliphatic rings. The molecule has 0 aromatic carbocycles. The largest absolute Gasteiger partial charge is 0.466 e. The molecule has 4 nitrogen and oxygen atoms in total. The smallest absolute Gasteiger partial charge is 0.302 e. The first-order chi connectivity index (χ1) is 11.6. The van der Waals surface area contributed by atoms with E-state index in [2.05, 4.69) is 36.5 Å². The molecular weight excluding hydrogens is 304 g/mol. The summed E-state index contributed by atoms with van der Waals surface area (Å²) in [6, 6.07) is 0. The second-order valence-corrected chi connectivity index (χ2v) is 5.53. The molecule has 0 saturated heterocycles. The van der Waals surface area contributed by atoms with E-state index in [0.717, 1.165) is 51.4 Å². The first kappa shape index (κ1) is 22.2. The van der Waals surface area contributed by atoms with Gasteiger partial charge in [0.05, 0.1) is 13.2 Å². The summed E-state index contributed by atoms with van der Waals surface area (Å²) in [6.07, 6.45) is 21.0. The van der Waals surface area contributed by atoms with Crippen molar-refractivity contribution in [2.45, 2.75) is 65.2 Å². The summed E-state index contributed by atoms with van der Waals surface area (Å²) in [4.78, 5) is 21.1. The van der Waals surface area contributed by atoms with Crippen LogP contribution in [0.5, 0.6) is 0 Å². The van der Waals surface area contributed by atoms with Gasteiger partial charge in [0, 0.05) is 13.8 Å². The second kappa shape index (κ2) is 17.5. The van der Waals surface area contributed by atoms with Crippen molar-refractivity contribution in [1.82, 2.24) is 0 Å². The minimum Gasteiger partial charge on any atom is -0.466 e. The van der Waals surface area contributed by atoms with Gasteiger partial charge >= 0.3 is 11.9 Å². The summed E-state index contributed by atoms with van der Waals surface area (Å²) in [5.41, 5.74) is 0. The van der Waals surface area contributed by atoms with Crippen molar-refractivity contribution in [2.75, 3.05) is 13.2 Å². The molecule has 24 heavy (non-hydrogen) atoms.